The molecule has 0 amide bonds. The molecule has 1 aromatic rings. The number of aromatic carboxylic acids is 1. The summed E-state index contributed by atoms with van der Waals surface area (Å²) in [6.07, 6.45) is 0. The van der Waals surface area contributed by atoms with Crippen LogP contribution >= 0.6 is 12.2 Å². The van der Waals surface area contributed by atoms with Gasteiger partial charge in [0.25, 0.3) is 0 Å². The van der Waals surface area contributed by atoms with Crippen LogP contribution in [0.15, 0.2) is 18.2 Å². The third-order valence-electron chi connectivity index (χ3n) is 1.25. The van der Waals surface area contributed by atoms with Crippen molar-refractivity contribution in [2.45, 2.75) is 13.8 Å². The molecule has 0 radical (unpaired) electrons. The molecule has 5 heteroatoms. The SMILES string of the molecule is C=S.CC.Nc1ccc(C(=O)O)c(O)c1. The highest BCUT2D eigenvalue weighted by atomic mass is 32.1. The van der Waals surface area contributed by atoms with Crippen molar-refractivity contribution in [3.63, 3.8) is 0 Å². The number of carboxylic acids is 1. The number of hydrogen-bond acceptors (Lipinski definition) is 4. The van der Waals surface area contributed by atoms with E-state index >= 15 is 0 Å². The smallest absolute Gasteiger partial charge is 0.339 e. The van der Waals surface area contributed by atoms with E-state index in [4.69, 9.17) is 15.9 Å². The molecular weight excluding hydrogens is 214 g/mol. The first-order chi connectivity index (χ1) is 7.11. The molecule has 0 unspecified atom stereocenters. The van der Waals surface area contributed by atoms with Crippen LogP contribution in [0.3, 0.4) is 0 Å². The van der Waals surface area contributed by atoms with E-state index in [1.807, 2.05) is 13.8 Å². The van der Waals surface area contributed by atoms with Crippen LogP contribution in [0.5, 0.6) is 5.75 Å². The maximum Gasteiger partial charge on any atom is 0.339 e. The Morgan fingerprint density at radius 2 is 1.87 bits per heavy atom. The van der Waals surface area contributed by atoms with Gasteiger partial charge in [-0.1, -0.05) is 26.1 Å². The fourth-order valence-corrected chi connectivity index (χ4v) is 0.730. The molecule has 0 aromatic heterocycles. The Labute approximate surface area is 94.4 Å². The van der Waals surface area contributed by atoms with Gasteiger partial charge in [-0.05, 0) is 18.0 Å². The number of phenols is 1. The van der Waals surface area contributed by atoms with E-state index in [1.54, 1.807) is 0 Å². The molecule has 0 spiro atoms. The van der Waals surface area contributed by atoms with Gasteiger partial charge in [0, 0.05) is 11.8 Å². The third-order valence-corrected chi connectivity index (χ3v) is 1.25. The maximum atomic E-state index is 10.3. The number of hydrogen-bond donors (Lipinski definition) is 3. The largest absolute Gasteiger partial charge is 0.507 e. The lowest BCUT2D eigenvalue weighted by Crippen LogP contribution is -1.97. The van der Waals surface area contributed by atoms with Gasteiger partial charge in [-0.25, -0.2) is 4.79 Å². The van der Waals surface area contributed by atoms with Crippen LogP contribution in [-0.4, -0.2) is 22.1 Å². The molecule has 0 aliphatic rings. The molecule has 0 saturated heterocycles. The highest BCUT2D eigenvalue weighted by molar-refractivity contribution is 7.77. The molecule has 84 valence electrons. The van der Waals surface area contributed by atoms with Gasteiger partial charge in [0.05, 0.1) is 0 Å². The molecular formula is C10H15NO3S. The summed E-state index contributed by atoms with van der Waals surface area (Å²) in [6, 6.07) is 3.87. The molecule has 0 atom stereocenters. The fraction of sp³-hybridized carbons (Fsp3) is 0.200. The lowest BCUT2D eigenvalue weighted by molar-refractivity contribution is 0.0694. The van der Waals surface area contributed by atoms with Crippen LogP contribution in [0.4, 0.5) is 5.69 Å². The molecule has 15 heavy (non-hydrogen) atoms. The summed E-state index contributed by atoms with van der Waals surface area (Å²) in [6.45, 7) is 4.00. The van der Waals surface area contributed by atoms with Crippen molar-refractivity contribution in [2.24, 2.45) is 0 Å². The normalized spacial score (nSPS) is 7.60. The molecule has 4 nitrogen and oxygen atoms in total. The maximum absolute atomic E-state index is 10.3. The number of carbonyl (C=O) groups is 1. The lowest BCUT2D eigenvalue weighted by atomic mass is 10.2. The first-order valence-corrected chi connectivity index (χ1v) is 4.79. The van der Waals surface area contributed by atoms with E-state index < -0.39 is 5.97 Å². The van der Waals surface area contributed by atoms with Crippen LogP contribution in [0.25, 0.3) is 0 Å². The van der Waals surface area contributed by atoms with Crippen molar-refractivity contribution >= 4 is 29.7 Å². The Hall–Kier alpha value is -1.62. The Morgan fingerprint density at radius 1 is 1.40 bits per heavy atom. The molecule has 4 N–H and O–H groups in total. The lowest BCUT2D eigenvalue weighted by Gasteiger charge is -1.98. The van der Waals surface area contributed by atoms with Crippen LogP contribution < -0.4 is 5.73 Å². The first kappa shape index (κ1) is 15.8. The van der Waals surface area contributed by atoms with E-state index in [-0.39, 0.29) is 11.3 Å². The second-order valence-corrected chi connectivity index (χ2v) is 2.08. The van der Waals surface area contributed by atoms with Crippen LogP contribution in [0.2, 0.25) is 0 Å². The minimum Gasteiger partial charge on any atom is -0.507 e. The number of carboxylic acid groups (broad SMARTS) is 1. The minimum absolute atomic E-state index is 0.140. The molecule has 0 aliphatic heterocycles. The molecule has 1 aromatic carbocycles. The van der Waals surface area contributed by atoms with Gasteiger partial charge in [0.1, 0.15) is 11.3 Å². The zero-order valence-electron chi connectivity index (χ0n) is 8.73. The number of nitrogen functional groups attached to an aromatic ring is 1. The standard InChI is InChI=1S/C7H7NO3.C2H6.CH2S/c8-4-1-2-5(7(10)11)6(9)3-4;2*1-2/h1-3,9H,8H2,(H,10,11);1-2H3;1H2. The second kappa shape index (κ2) is 8.96. The predicted molar refractivity (Wildman–Crippen MR) is 65.5 cm³/mol. The molecule has 0 aliphatic carbocycles. The van der Waals surface area contributed by atoms with Crippen molar-refractivity contribution in [1.82, 2.24) is 0 Å². The topological polar surface area (TPSA) is 83.6 Å². The third kappa shape index (κ3) is 5.64. The summed E-state index contributed by atoms with van der Waals surface area (Å²) < 4.78 is 0. The molecule has 0 saturated carbocycles. The second-order valence-electron chi connectivity index (χ2n) is 2.08. The highest BCUT2D eigenvalue weighted by Gasteiger charge is 2.07. The van der Waals surface area contributed by atoms with Crippen molar-refractivity contribution in [1.29, 1.82) is 0 Å². The molecule has 0 heterocycles. The van der Waals surface area contributed by atoms with E-state index in [1.165, 1.54) is 18.2 Å². The van der Waals surface area contributed by atoms with Gasteiger partial charge in [-0.3, -0.25) is 0 Å². The van der Waals surface area contributed by atoms with Gasteiger partial charge in [0.2, 0.25) is 0 Å². The summed E-state index contributed by atoms with van der Waals surface area (Å²) in [5, 5.41) is 17.5. The van der Waals surface area contributed by atoms with E-state index in [9.17, 15) is 4.79 Å². The van der Waals surface area contributed by atoms with Crippen LogP contribution in [-0.2, 0) is 0 Å². The zero-order chi connectivity index (χ0) is 12.4. The van der Waals surface area contributed by atoms with Crippen molar-refractivity contribution in [2.75, 3.05) is 5.73 Å². The monoisotopic (exact) mass is 229 g/mol. The summed E-state index contributed by atoms with van der Waals surface area (Å²) in [7, 11) is 0. The predicted octanol–water partition coefficient (Wildman–Crippen LogP) is 2.31. The Bertz CT molecular complexity index is 316. The van der Waals surface area contributed by atoms with Crippen LogP contribution in [0, 0.1) is 0 Å². The van der Waals surface area contributed by atoms with Gasteiger partial charge >= 0.3 is 5.97 Å². The average molecular weight is 229 g/mol. The Balaban J connectivity index is 0. The van der Waals surface area contributed by atoms with Crippen LogP contribution in [0.1, 0.15) is 24.2 Å². The van der Waals surface area contributed by atoms with E-state index in [2.05, 4.69) is 18.1 Å². The first-order valence-electron chi connectivity index (χ1n) is 4.22. The van der Waals surface area contributed by atoms with Gasteiger partial charge in [-0.15, -0.1) is 0 Å². The number of nitrogens with two attached hydrogens (primary N) is 1. The molecule has 0 fully saturated rings. The Morgan fingerprint density at radius 3 is 2.20 bits per heavy atom. The molecule has 0 bridgehead atoms. The summed E-state index contributed by atoms with van der Waals surface area (Å²) >= 11 is 3.83. The van der Waals surface area contributed by atoms with Gasteiger partial charge < -0.3 is 15.9 Å². The summed E-state index contributed by atoms with van der Waals surface area (Å²) in [5.41, 5.74) is 5.48. The van der Waals surface area contributed by atoms with Crippen molar-refractivity contribution in [3.05, 3.63) is 23.8 Å². The minimum atomic E-state index is -1.16. The highest BCUT2D eigenvalue weighted by Crippen LogP contribution is 2.19. The number of aromatic hydroxyl groups is 1. The quantitative estimate of drug-likeness (QED) is 0.508. The van der Waals surface area contributed by atoms with Crippen molar-refractivity contribution < 1.29 is 15.0 Å². The van der Waals surface area contributed by atoms with E-state index in [0.717, 1.165) is 0 Å². The number of anilines is 1. The fourth-order valence-electron chi connectivity index (χ4n) is 0.730. The zero-order valence-corrected chi connectivity index (χ0v) is 9.54. The van der Waals surface area contributed by atoms with Crippen molar-refractivity contribution in [3.8, 4) is 5.75 Å². The van der Waals surface area contributed by atoms with Gasteiger partial charge in [0.15, 0.2) is 0 Å². The van der Waals surface area contributed by atoms with Gasteiger partial charge in [-0.2, -0.15) is 0 Å². The van der Waals surface area contributed by atoms with E-state index in [0.29, 0.717) is 5.69 Å². The summed E-state index contributed by atoms with van der Waals surface area (Å²) in [5.74, 6) is 1.36. The Kier molecular flexibility index (Phi) is 9.45. The number of benzene rings is 1. The number of rotatable bonds is 1. The molecule has 1 rings (SSSR count). The summed E-state index contributed by atoms with van der Waals surface area (Å²) in [4.78, 5) is 10.3. The average Bonchev–Trinajstić information content (AvgIpc) is 2.23. The number of thiocarbonyl (C=S) groups is 1.